The number of benzene rings is 2. The smallest absolute Gasteiger partial charge is 0.255 e. The molecular formula is C28H27N3O7. The summed E-state index contributed by atoms with van der Waals surface area (Å²) in [4.78, 5) is 29.7. The number of fused-ring (bicyclic) bond motifs is 4. The summed E-state index contributed by atoms with van der Waals surface area (Å²) in [7, 11) is 0. The van der Waals surface area contributed by atoms with Gasteiger partial charge in [-0.15, -0.1) is 0 Å². The average Bonchev–Trinajstić information content (AvgIpc) is 3.56. The van der Waals surface area contributed by atoms with Crippen LogP contribution in [0.2, 0.25) is 0 Å². The number of carbonyl (C=O) groups excluding carboxylic acids is 2. The van der Waals surface area contributed by atoms with E-state index >= 15 is 0 Å². The molecule has 4 heterocycles. The van der Waals surface area contributed by atoms with Crippen LogP contribution in [0.3, 0.4) is 0 Å². The van der Waals surface area contributed by atoms with Crippen LogP contribution in [0.15, 0.2) is 60.8 Å². The zero-order valence-electron chi connectivity index (χ0n) is 20.5. The van der Waals surface area contributed by atoms with E-state index in [2.05, 4.69) is 15.6 Å². The first-order valence-corrected chi connectivity index (χ1v) is 12.5. The highest BCUT2D eigenvalue weighted by Gasteiger charge is 2.46. The molecule has 3 aliphatic heterocycles. The number of aliphatic hydroxyl groups excluding tert-OH is 1. The van der Waals surface area contributed by atoms with E-state index in [0.29, 0.717) is 41.5 Å². The predicted molar refractivity (Wildman–Crippen MR) is 135 cm³/mol. The molecule has 2 amide bonds. The summed E-state index contributed by atoms with van der Waals surface area (Å²) in [5.41, 5.74) is 2.76. The molecule has 0 aliphatic carbocycles. The number of ether oxygens (including phenoxy) is 4. The summed E-state index contributed by atoms with van der Waals surface area (Å²) in [6, 6.07) is 16.1. The SMILES string of the molecule is O=C(C[C@H]1C[C@@H]2c3cc(NC(=O)c4ccc5c(c4)OCO5)ccc3O[C@@H]2[C@@H](CO)O1)NCc1ccccn1. The van der Waals surface area contributed by atoms with Gasteiger partial charge in [-0.2, -0.15) is 0 Å². The van der Waals surface area contributed by atoms with Crippen LogP contribution in [0.25, 0.3) is 0 Å². The first-order chi connectivity index (χ1) is 18.6. The number of nitrogens with zero attached hydrogens (tertiary/aromatic N) is 1. The molecule has 0 saturated carbocycles. The summed E-state index contributed by atoms with van der Waals surface area (Å²) in [6.45, 7) is 0.244. The second-order valence-corrected chi connectivity index (χ2v) is 9.48. The summed E-state index contributed by atoms with van der Waals surface area (Å²) in [6.07, 6.45) is 1.05. The number of nitrogens with one attached hydrogen (secondary N) is 2. The highest BCUT2D eigenvalue weighted by molar-refractivity contribution is 6.04. The fraction of sp³-hybridized carbons (Fsp3) is 0.321. The Hall–Kier alpha value is -4.15. The summed E-state index contributed by atoms with van der Waals surface area (Å²) < 4.78 is 22.9. The Morgan fingerprint density at radius 1 is 1.03 bits per heavy atom. The fourth-order valence-electron chi connectivity index (χ4n) is 5.18. The van der Waals surface area contributed by atoms with E-state index in [0.717, 1.165) is 11.3 Å². The van der Waals surface area contributed by atoms with Crippen LogP contribution in [0, 0.1) is 0 Å². The van der Waals surface area contributed by atoms with E-state index in [1.54, 1.807) is 30.5 Å². The monoisotopic (exact) mass is 517 g/mol. The quantitative estimate of drug-likeness (QED) is 0.437. The molecule has 10 heteroatoms. The minimum absolute atomic E-state index is 0.0908. The van der Waals surface area contributed by atoms with Crippen LogP contribution in [0.1, 0.15) is 40.4 Å². The maximum absolute atomic E-state index is 12.9. The van der Waals surface area contributed by atoms with Gasteiger partial charge >= 0.3 is 0 Å². The number of aliphatic hydroxyl groups is 1. The van der Waals surface area contributed by atoms with Crippen LogP contribution in [-0.4, -0.2) is 53.6 Å². The standard InChI is InChI=1S/C28H27N3O7/c32-14-25-27-21(11-19(37-25)12-26(33)30-13-18-3-1-2-8-29-18)20-10-17(5-7-22(20)38-27)31-28(34)16-4-6-23-24(9-16)36-15-35-23/h1-10,19,21,25,27,32H,11-15H2,(H,30,33)(H,31,34)/t19-,21-,25-,27+/m1/s1. The molecule has 38 heavy (non-hydrogen) atoms. The van der Waals surface area contributed by atoms with Crippen molar-refractivity contribution in [1.29, 1.82) is 0 Å². The predicted octanol–water partition coefficient (Wildman–Crippen LogP) is 2.76. The Kier molecular flexibility index (Phi) is 6.57. The van der Waals surface area contributed by atoms with Crippen LogP contribution in [0.5, 0.6) is 17.2 Å². The molecule has 10 nitrogen and oxygen atoms in total. The number of hydrogen-bond donors (Lipinski definition) is 3. The molecule has 6 rings (SSSR count). The van der Waals surface area contributed by atoms with Crippen molar-refractivity contribution in [2.75, 3.05) is 18.7 Å². The van der Waals surface area contributed by atoms with Gasteiger partial charge in [-0.05, 0) is 55.0 Å². The van der Waals surface area contributed by atoms with Crippen molar-refractivity contribution in [3.8, 4) is 17.2 Å². The molecule has 4 atom stereocenters. The molecular weight excluding hydrogens is 490 g/mol. The highest BCUT2D eigenvalue weighted by atomic mass is 16.7. The van der Waals surface area contributed by atoms with Crippen molar-refractivity contribution in [3.05, 3.63) is 77.6 Å². The van der Waals surface area contributed by atoms with Crippen LogP contribution < -0.4 is 24.8 Å². The number of carbonyl (C=O) groups is 2. The lowest BCUT2D eigenvalue weighted by atomic mass is 9.84. The van der Waals surface area contributed by atoms with Gasteiger partial charge in [0.15, 0.2) is 11.5 Å². The third-order valence-electron chi connectivity index (χ3n) is 7.00. The van der Waals surface area contributed by atoms with Crippen LogP contribution in [0.4, 0.5) is 5.69 Å². The first kappa shape index (κ1) is 24.2. The molecule has 196 valence electrons. The lowest BCUT2D eigenvalue weighted by molar-refractivity contribution is -0.142. The molecule has 0 spiro atoms. The zero-order chi connectivity index (χ0) is 26.1. The Labute approximate surface area is 218 Å². The van der Waals surface area contributed by atoms with E-state index < -0.39 is 12.2 Å². The number of hydrogen-bond acceptors (Lipinski definition) is 8. The van der Waals surface area contributed by atoms with Gasteiger partial charge in [0.05, 0.1) is 31.4 Å². The number of rotatable bonds is 7. The maximum Gasteiger partial charge on any atom is 0.255 e. The van der Waals surface area contributed by atoms with Gasteiger partial charge in [0.1, 0.15) is 18.0 Å². The Morgan fingerprint density at radius 3 is 2.74 bits per heavy atom. The largest absolute Gasteiger partial charge is 0.487 e. The first-order valence-electron chi connectivity index (χ1n) is 12.5. The molecule has 1 aromatic heterocycles. The van der Waals surface area contributed by atoms with Crippen molar-refractivity contribution in [3.63, 3.8) is 0 Å². The van der Waals surface area contributed by atoms with Crippen molar-refractivity contribution in [2.45, 2.75) is 43.6 Å². The molecule has 3 aliphatic rings. The van der Waals surface area contributed by atoms with Gasteiger partial charge in [0.25, 0.3) is 5.91 Å². The van der Waals surface area contributed by atoms with Crippen LogP contribution >= 0.6 is 0 Å². The third kappa shape index (κ3) is 4.88. The van der Waals surface area contributed by atoms with Crippen molar-refractivity contribution in [1.82, 2.24) is 10.3 Å². The molecule has 2 aromatic carbocycles. The minimum atomic E-state index is -0.568. The molecule has 3 aromatic rings. The Morgan fingerprint density at radius 2 is 1.89 bits per heavy atom. The van der Waals surface area contributed by atoms with E-state index in [1.807, 2.05) is 30.3 Å². The lowest BCUT2D eigenvalue weighted by Crippen LogP contribution is -2.47. The zero-order valence-corrected chi connectivity index (χ0v) is 20.5. The summed E-state index contributed by atoms with van der Waals surface area (Å²) in [5, 5.41) is 15.8. The maximum atomic E-state index is 12.9. The number of aromatic nitrogens is 1. The Balaban J connectivity index is 1.13. The van der Waals surface area contributed by atoms with E-state index in [-0.39, 0.29) is 43.7 Å². The lowest BCUT2D eigenvalue weighted by Gasteiger charge is -2.37. The molecule has 0 bridgehead atoms. The van der Waals surface area contributed by atoms with Gasteiger partial charge in [0, 0.05) is 28.9 Å². The van der Waals surface area contributed by atoms with Gasteiger partial charge in [-0.25, -0.2) is 0 Å². The number of amides is 2. The molecule has 1 saturated heterocycles. The third-order valence-corrected chi connectivity index (χ3v) is 7.00. The second kappa shape index (κ2) is 10.3. The van der Waals surface area contributed by atoms with Crippen molar-refractivity contribution in [2.24, 2.45) is 0 Å². The fourth-order valence-corrected chi connectivity index (χ4v) is 5.18. The van der Waals surface area contributed by atoms with Gasteiger partial charge in [-0.1, -0.05) is 6.07 Å². The average molecular weight is 518 g/mol. The molecule has 0 radical (unpaired) electrons. The number of anilines is 1. The van der Waals surface area contributed by atoms with Gasteiger partial charge in [-0.3, -0.25) is 14.6 Å². The summed E-state index contributed by atoms with van der Waals surface area (Å²) >= 11 is 0. The molecule has 1 fully saturated rings. The minimum Gasteiger partial charge on any atom is -0.487 e. The number of pyridine rings is 1. The molecule has 3 N–H and O–H groups in total. The van der Waals surface area contributed by atoms with Gasteiger partial charge in [0.2, 0.25) is 12.7 Å². The normalized spacial score (nSPS) is 22.7. The topological polar surface area (TPSA) is 128 Å². The summed E-state index contributed by atoms with van der Waals surface area (Å²) in [5.74, 6) is 1.31. The van der Waals surface area contributed by atoms with Crippen LogP contribution in [-0.2, 0) is 16.1 Å². The highest BCUT2D eigenvalue weighted by Crippen LogP contribution is 2.47. The van der Waals surface area contributed by atoms with Gasteiger partial charge < -0.3 is 34.7 Å². The van der Waals surface area contributed by atoms with E-state index in [1.165, 1.54) is 0 Å². The second-order valence-electron chi connectivity index (χ2n) is 9.48. The molecule has 0 unspecified atom stereocenters. The van der Waals surface area contributed by atoms with E-state index in [9.17, 15) is 14.7 Å². The Bertz CT molecular complexity index is 1350. The van der Waals surface area contributed by atoms with E-state index in [4.69, 9.17) is 18.9 Å². The van der Waals surface area contributed by atoms with Crippen molar-refractivity contribution < 1.29 is 33.6 Å². The van der Waals surface area contributed by atoms with Crippen molar-refractivity contribution >= 4 is 17.5 Å².